The topological polar surface area (TPSA) is 122 Å². The number of sulfonamides is 1. The number of rotatable bonds is 7. The largest absolute Gasteiger partial charge is 0.369 e. The van der Waals surface area contributed by atoms with Gasteiger partial charge < -0.3 is 11.1 Å². The predicted molar refractivity (Wildman–Crippen MR) is 116 cm³/mol. The molecule has 2 amide bonds. The number of amides is 2. The van der Waals surface area contributed by atoms with E-state index in [4.69, 9.17) is 5.73 Å². The zero-order chi connectivity index (χ0) is 21.7. The van der Waals surface area contributed by atoms with E-state index in [0.717, 1.165) is 31.2 Å². The zero-order valence-electron chi connectivity index (χ0n) is 16.8. The van der Waals surface area contributed by atoms with Gasteiger partial charge in [0.25, 0.3) is 5.91 Å². The highest BCUT2D eigenvalue weighted by Gasteiger charge is 2.23. The molecule has 0 bridgehead atoms. The molecule has 2 aromatic rings. The molecule has 4 N–H and O–H groups in total. The highest BCUT2D eigenvalue weighted by atomic mass is 32.2. The standard InChI is InChI=1S/C21H26N4O4S/c1-30(28,29)24-19-7-3-2-6-18(19)21(27)23-17-10-8-15(9-11-17)13-25-12-4-5-16(14-25)20(22)26/h2-3,6-11,16,24H,4-5,12-14H2,1H3,(H2,22,26)(H,23,27). The molecule has 1 aliphatic heterocycles. The van der Waals surface area contributed by atoms with Gasteiger partial charge in [-0.25, -0.2) is 8.42 Å². The molecule has 9 heteroatoms. The van der Waals surface area contributed by atoms with E-state index >= 15 is 0 Å². The van der Waals surface area contributed by atoms with Crippen LogP contribution in [0.3, 0.4) is 0 Å². The number of primary amides is 1. The first kappa shape index (κ1) is 21.8. The molecule has 1 unspecified atom stereocenters. The van der Waals surface area contributed by atoms with Gasteiger partial charge >= 0.3 is 0 Å². The molecule has 30 heavy (non-hydrogen) atoms. The Kier molecular flexibility index (Phi) is 6.73. The number of hydrogen-bond donors (Lipinski definition) is 3. The van der Waals surface area contributed by atoms with Crippen molar-refractivity contribution in [3.8, 4) is 0 Å². The smallest absolute Gasteiger partial charge is 0.257 e. The van der Waals surface area contributed by atoms with Gasteiger partial charge in [-0.1, -0.05) is 24.3 Å². The molecule has 0 radical (unpaired) electrons. The summed E-state index contributed by atoms with van der Waals surface area (Å²) >= 11 is 0. The van der Waals surface area contributed by atoms with Crippen LogP contribution < -0.4 is 15.8 Å². The fourth-order valence-electron chi connectivity index (χ4n) is 3.55. The van der Waals surface area contributed by atoms with Crippen LogP contribution in [0, 0.1) is 5.92 Å². The van der Waals surface area contributed by atoms with Gasteiger partial charge in [-0.15, -0.1) is 0 Å². The summed E-state index contributed by atoms with van der Waals surface area (Å²) in [4.78, 5) is 26.3. The number of nitrogens with one attached hydrogen (secondary N) is 2. The van der Waals surface area contributed by atoms with Crippen molar-refractivity contribution in [3.05, 3.63) is 59.7 Å². The van der Waals surface area contributed by atoms with E-state index in [2.05, 4.69) is 14.9 Å². The number of likely N-dealkylation sites (tertiary alicyclic amines) is 1. The second-order valence-corrected chi connectivity index (χ2v) is 9.30. The first-order valence-electron chi connectivity index (χ1n) is 9.70. The van der Waals surface area contributed by atoms with Gasteiger partial charge in [-0.05, 0) is 49.2 Å². The van der Waals surface area contributed by atoms with Crippen molar-refractivity contribution >= 4 is 33.2 Å². The SMILES string of the molecule is CS(=O)(=O)Nc1ccccc1C(=O)Nc1ccc(CN2CCCC(C(N)=O)C2)cc1. The first-order chi connectivity index (χ1) is 14.2. The van der Waals surface area contributed by atoms with Gasteiger partial charge in [-0.2, -0.15) is 0 Å². The minimum absolute atomic E-state index is 0.0991. The summed E-state index contributed by atoms with van der Waals surface area (Å²) < 4.78 is 25.4. The van der Waals surface area contributed by atoms with Crippen LogP contribution in [0.4, 0.5) is 11.4 Å². The Morgan fingerprint density at radius 1 is 1.13 bits per heavy atom. The third-order valence-corrected chi connectivity index (χ3v) is 5.58. The molecule has 1 atom stereocenters. The second-order valence-electron chi connectivity index (χ2n) is 7.55. The molecule has 0 spiro atoms. The molecule has 1 aliphatic rings. The number of carbonyl (C=O) groups is 2. The minimum atomic E-state index is -3.50. The molecule has 1 saturated heterocycles. The van der Waals surface area contributed by atoms with Gasteiger partial charge in [0.15, 0.2) is 0 Å². The lowest BCUT2D eigenvalue weighted by Crippen LogP contribution is -2.40. The third-order valence-electron chi connectivity index (χ3n) is 4.99. The fraction of sp³-hybridized carbons (Fsp3) is 0.333. The predicted octanol–water partition coefficient (Wildman–Crippen LogP) is 2.01. The van der Waals surface area contributed by atoms with Crippen LogP contribution in [-0.2, 0) is 21.4 Å². The number of anilines is 2. The van der Waals surface area contributed by atoms with Gasteiger partial charge in [-0.3, -0.25) is 19.2 Å². The highest BCUT2D eigenvalue weighted by molar-refractivity contribution is 7.92. The maximum Gasteiger partial charge on any atom is 0.257 e. The molecule has 1 fully saturated rings. The van der Waals surface area contributed by atoms with Crippen molar-refractivity contribution in [3.63, 3.8) is 0 Å². The average Bonchev–Trinajstić information content (AvgIpc) is 2.69. The summed E-state index contributed by atoms with van der Waals surface area (Å²) in [6, 6.07) is 13.9. The average molecular weight is 431 g/mol. The Morgan fingerprint density at radius 2 is 1.83 bits per heavy atom. The van der Waals surface area contributed by atoms with Crippen LogP contribution in [0.5, 0.6) is 0 Å². The van der Waals surface area contributed by atoms with E-state index < -0.39 is 15.9 Å². The molecule has 2 aromatic carbocycles. The molecular weight excluding hydrogens is 404 g/mol. The van der Waals surface area contributed by atoms with E-state index in [9.17, 15) is 18.0 Å². The van der Waals surface area contributed by atoms with Gasteiger partial charge in [0.2, 0.25) is 15.9 Å². The number of benzene rings is 2. The van der Waals surface area contributed by atoms with Crippen LogP contribution in [0.25, 0.3) is 0 Å². The molecule has 0 aromatic heterocycles. The maximum atomic E-state index is 12.6. The molecule has 1 heterocycles. The summed E-state index contributed by atoms with van der Waals surface area (Å²) in [6.45, 7) is 2.30. The van der Waals surface area contributed by atoms with E-state index in [-0.39, 0.29) is 23.1 Å². The van der Waals surface area contributed by atoms with Crippen LogP contribution in [-0.4, -0.2) is 44.5 Å². The van der Waals surface area contributed by atoms with E-state index in [1.807, 2.05) is 12.1 Å². The van der Waals surface area contributed by atoms with Crippen molar-refractivity contribution in [1.29, 1.82) is 0 Å². The number of piperidine rings is 1. The summed E-state index contributed by atoms with van der Waals surface area (Å²) in [5.74, 6) is -0.754. The van der Waals surface area contributed by atoms with Crippen LogP contribution >= 0.6 is 0 Å². The molecule has 160 valence electrons. The number of nitrogens with zero attached hydrogens (tertiary/aromatic N) is 1. The Balaban J connectivity index is 1.64. The zero-order valence-corrected chi connectivity index (χ0v) is 17.6. The second kappa shape index (κ2) is 9.27. The Bertz CT molecular complexity index is 1020. The summed E-state index contributed by atoms with van der Waals surface area (Å²) in [5.41, 5.74) is 7.57. The van der Waals surface area contributed by atoms with Gasteiger partial charge in [0.05, 0.1) is 23.4 Å². The normalized spacial score (nSPS) is 17.3. The van der Waals surface area contributed by atoms with Crippen molar-refractivity contribution in [2.45, 2.75) is 19.4 Å². The maximum absolute atomic E-state index is 12.6. The Hall–Kier alpha value is -2.91. The summed E-state index contributed by atoms with van der Waals surface area (Å²) in [7, 11) is -3.50. The van der Waals surface area contributed by atoms with Crippen molar-refractivity contribution in [1.82, 2.24) is 4.90 Å². The highest BCUT2D eigenvalue weighted by Crippen LogP contribution is 2.21. The molecule has 0 aliphatic carbocycles. The van der Waals surface area contributed by atoms with Gasteiger partial charge in [0.1, 0.15) is 0 Å². The molecule has 8 nitrogen and oxygen atoms in total. The van der Waals surface area contributed by atoms with Crippen molar-refractivity contribution < 1.29 is 18.0 Å². The summed E-state index contributed by atoms with van der Waals surface area (Å²) in [6.07, 6.45) is 2.82. The molecule has 0 saturated carbocycles. The molecule has 3 rings (SSSR count). The monoisotopic (exact) mass is 430 g/mol. The van der Waals surface area contributed by atoms with Crippen LogP contribution in [0.15, 0.2) is 48.5 Å². The number of nitrogens with two attached hydrogens (primary N) is 1. The lowest BCUT2D eigenvalue weighted by atomic mass is 9.97. The van der Waals surface area contributed by atoms with E-state index in [1.165, 1.54) is 6.07 Å². The number of para-hydroxylation sites is 1. The Morgan fingerprint density at radius 3 is 2.50 bits per heavy atom. The quantitative estimate of drug-likeness (QED) is 0.620. The first-order valence-corrected chi connectivity index (χ1v) is 11.6. The lowest BCUT2D eigenvalue weighted by molar-refractivity contribution is -0.123. The van der Waals surface area contributed by atoms with E-state index in [0.29, 0.717) is 18.8 Å². The lowest BCUT2D eigenvalue weighted by Gasteiger charge is -2.31. The van der Waals surface area contributed by atoms with Gasteiger partial charge in [0, 0.05) is 18.8 Å². The number of carbonyl (C=O) groups excluding carboxylic acids is 2. The van der Waals surface area contributed by atoms with Crippen molar-refractivity contribution in [2.75, 3.05) is 29.4 Å². The van der Waals surface area contributed by atoms with Crippen molar-refractivity contribution in [2.24, 2.45) is 11.7 Å². The van der Waals surface area contributed by atoms with Crippen LogP contribution in [0.1, 0.15) is 28.8 Å². The Labute approximate surface area is 176 Å². The van der Waals surface area contributed by atoms with E-state index in [1.54, 1.807) is 30.3 Å². The fourth-order valence-corrected chi connectivity index (χ4v) is 4.13. The number of hydrogen-bond acceptors (Lipinski definition) is 5. The summed E-state index contributed by atoms with van der Waals surface area (Å²) in [5, 5.41) is 2.79. The molecular formula is C21H26N4O4S. The van der Waals surface area contributed by atoms with Crippen LogP contribution in [0.2, 0.25) is 0 Å². The third kappa shape index (κ3) is 6.04. The minimum Gasteiger partial charge on any atom is -0.369 e.